The molecule has 134 valence electrons. The minimum atomic E-state index is -0.419. The first-order valence-corrected chi connectivity index (χ1v) is 8.75. The third kappa shape index (κ3) is 3.51. The van der Waals surface area contributed by atoms with Gasteiger partial charge in [0.25, 0.3) is 5.91 Å². The summed E-state index contributed by atoms with van der Waals surface area (Å²) in [5.41, 5.74) is 1.83. The van der Waals surface area contributed by atoms with Gasteiger partial charge in [0, 0.05) is 19.5 Å². The van der Waals surface area contributed by atoms with E-state index >= 15 is 0 Å². The number of fused-ring (bicyclic) bond motifs is 1. The molecule has 3 rings (SSSR count). The quantitative estimate of drug-likeness (QED) is 0.841. The minimum Gasteiger partial charge on any atom is -0.478 e. The molecule has 7 nitrogen and oxygen atoms in total. The zero-order valence-corrected chi connectivity index (χ0v) is 15.2. The number of hydrogen-bond donors (Lipinski definition) is 2. The summed E-state index contributed by atoms with van der Waals surface area (Å²) >= 11 is 0. The van der Waals surface area contributed by atoms with Crippen molar-refractivity contribution in [3.63, 3.8) is 0 Å². The van der Waals surface area contributed by atoms with Gasteiger partial charge in [0.05, 0.1) is 12.2 Å². The molecule has 0 bridgehead atoms. The van der Waals surface area contributed by atoms with Gasteiger partial charge in [0.1, 0.15) is 17.4 Å². The second kappa shape index (κ2) is 7.23. The molecule has 0 radical (unpaired) electrons. The van der Waals surface area contributed by atoms with E-state index in [2.05, 4.69) is 34.7 Å². The number of nitrogens with one attached hydrogen (secondary N) is 2. The van der Waals surface area contributed by atoms with Crippen LogP contribution >= 0.6 is 0 Å². The highest BCUT2D eigenvalue weighted by atomic mass is 16.5. The maximum atomic E-state index is 11.9. The molecule has 0 spiro atoms. The normalized spacial score (nSPS) is 17.6. The summed E-state index contributed by atoms with van der Waals surface area (Å²) in [6.45, 7) is 6.74. The highest BCUT2D eigenvalue weighted by Crippen LogP contribution is 2.33. The molecule has 0 unspecified atom stereocenters. The van der Waals surface area contributed by atoms with E-state index in [1.165, 1.54) is 0 Å². The van der Waals surface area contributed by atoms with Gasteiger partial charge in [-0.15, -0.1) is 10.2 Å². The van der Waals surface area contributed by atoms with Crippen LogP contribution < -0.4 is 15.4 Å². The van der Waals surface area contributed by atoms with Crippen molar-refractivity contribution in [1.29, 1.82) is 0 Å². The molecule has 0 aliphatic carbocycles. The Morgan fingerprint density at radius 1 is 1.32 bits per heavy atom. The molecule has 1 aromatic heterocycles. The van der Waals surface area contributed by atoms with Gasteiger partial charge in [0.2, 0.25) is 0 Å². The number of hydrogen-bond acceptors (Lipinski definition) is 5. The Balaban J connectivity index is 1.69. The van der Waals surface area contributed by atoms with Crippen LogP contribution in [0.3, 0.4) is 0 Å². The number of aromatic nitrogens is 3. The summed E-state index contributed by atoms with van der Waals surface area (Å²) in [5, 5.41) is 14.8. The number of nitrogens with zero attached hydrogens (tertiary/aromatic N) is 3. The van der Waals surface area contributed by atoms with Crippen molar-refractivity contribution in [2.24, 2.45) is 7.05 Å². The van der Waals surface area contributed by atoms with Gasteiger partial charge in [-0.3, -0.25) is 4.79 Å². The molecule has 1 amide bonds. The molecule has 0 saturated carbocycles. The molecule has 25 heavy (non-hydrogen) atoms. The maximum absolute atomic E-state index is 11.9. The summed E-state index contributed by atoms with van der Waals surface area (Å²) < 4.78 is 7.84. The van der Waals surface area contributed by atoms with Gasteiger partial charge in [-0.2, -0.15) is 0 Å². The fourth-order valence-electron chi connectivity index (χ4n) is 2.92. The Morgan fingerprint density at radius 2 is 2.08 bits per heavy atom. The van der Waals surface area contributed by atoms with Crippen LogP contribution in [0.4, 0.5) is 5.69 Å². The van der Waals surface area contributed by atoms with Crippen molar-refractivity contribution in [3.8, 4) is 5.75 Å². The number of anilines is 1. The number of ether oxygens (including phenoxy) is 1. The second-order valence-corrected chi connectivity index (χ2v) is 6.31. The minimum absolute atomic E-state index is 0.0806. The van der Waals surface area contributed by atoms with Crippen LogP contribution in [0, 0.1) is 0 Å². The fourth-order valence-corrected chi connectivity index (χ4v) is 2.92. The van der Waals surface area contributed by atoms with E-state index in [0.717, 1.165) is 35.1 Å². The largest absolute Gasteiger partial charge is 0.478 e. The first-order chi connectivity index (χ1) is 12.0. The Kier molecular flexibility index (Phi) is 5.03. The topological polar surface area (TPSA) is 81.1 Å². The van der Waals surface area contributed by atoms with Gasteiger partial charge >= 0.3 is 0 Å². The predicted molar refractivity (Wildman–Crippen MR) is 95.4 cm³/mol. The highest BCUT2D eigenvalue weighted by Gasteiger charge is 2.26. The standard InChI is InChI=1S/C18H25N5O2/c1-5-14-18(24)20-13-8-7-12(9-15(13)25-14)11(3)19-10-17-22-21-16(6-2)23(17)4/h7-9,11,14,19H,5-6,10H2,1-4H3,(H,20,24)/t11-,14-/m1/s1. The Morgan fingerprint density at radius 3 is 2.76 bits per heavy atom. The molecule has 7 heteroatoms. The molecule has 2 N–H and O–H groups in total. The van der Waals surface area contributed by atoms with Gasteiger partial charge in [-0.25, -0.2) is 0 Å². The van der Waals surface area contributed by atoms with Crippen LogP contribution in [0.2, 0.25) is 0 Å². The SMILES string of the molecule is CCc1nnc(CN[C@H](C)c2ccc3c(c2)O[C@H](CC)C(=O)N3)n1C. The van der Waals surface area contributed by atoms with Gasteiger partial charge < -0.3 is 19.9 Å². The molecule has 1 aliphatic rings. The van der Waals surface area contributed by atoms with E-state index in [1.807, 2.05) is 36.7 Å². The fraction of sp³-hybridized carbons (Fsp3) is 0.500. The third-order valence-electron chi connectivity index (χ3n) is 4.63. The van der Waals surface area contributed by atoms with Crippen LogP contribution in [0.1, 0.15) is 50.4 Å². The lowest BCUT2D eigenvalue weighted by Gasteiger charge is -2.26. The monoisotopic (exact) mass is 343 g/mol. The van der Waals surface area contributed by atoms with Crippen molar-refractivity contribution >= 4 is 11.6 Å². The number of amides is 1. The van der Waals surface area contributed by atoms with Crippen molar-refractivity contribution < 1.29 is 9.53 Å². The average molecular weight is 343 g/mol. The van der Waals surface area contributed by atoms with Crippen LogP contribution in [0.15, 0.2) is 18.2 Å². The summed E-state index contributed by atoms with van der Waals surface area (Å²) in [6.07, 6.45) is 1.10. The molecular weight excluding hydrogens is 318 g/mol. The van der Waals surface area contributed by atoms with Crippen molar-refractivity contribution in [3.05, 3.63) is 35.4 Å². The lowest BCUT2D eigenvalue weighted by atomic mass is 10.1. The molecule has 0 saturated heterocycles. The highest BCUT2D eigenvalue weighted by molar-refractivity contribution is 5.97. The third-order valence-corrected chi connectivity index (χ3v) is 4.63. The number of benzene rings is 1. The van der Waals surface area contributed by atoms with Gasteiger partial charge in [-0.05, 0) is 31.0 Å². The van der Waals surface area contributed by atoms with Crippen molar-refractivity contribution in [1.82, 2.24) is 20.1 Å². The van der Waals surface area contributed by atoms with Gasteiger partial charge in [-0.1, -0.05) is 19.9 Å². The first-order valence-electron chi connectivity index (χ1n) is 8.75. The number of carbonyl (C=O) groups excluding carboxylic acids is 1. The van der Waals surface area contributed by atoms with Crippen molar-refractivity contribution in [2.75, 3.05) is 5.32 Å². The summed E-state index contributed by atoms with van der Waals surface area (Å²) in [7, 11) is 1.99. The Hall–Kier alpha value is -2.41. The molecule has 1 aliphatic heterocycles. The van der Waals surface area contributed by atoms with E-state index in [-0.39, 0.29) is 11.9 Å². The lowest BCUT2D eigenvalue weighted by Crippen LogP contribution is -2.36. The molecule has 2 heterocycles. The van der Waals surface area contributed by atoms with Crippen molar-refractivity contribution in [2.45, 2.75) is 52.3 Å². The second-order valence-electron chi connectivity index (χ2n) is 6.31. The van der Waals surface area contributed by atoms with Crippen LogP contribution in [0.5, 0.6) is 5.75 Å². The van der Waals surface area contributed by atoms with E-state index in [4.69, 9.17) is 4.74 Å². The summed E-state index contributed by atoms with van der Waals surface area (Å²) in [6, 6.07) is 6.00. The van der Waals surface area contributed by atoms with Crippen LogP contribution in [-0.4, -0.2) is 26.8 Å². The van der Waals surface area contributed by atoms with E-state index in [0.29, 0.717) is 13.0 Å². The molecule has 0 fully saturated rings. The molecule has 2 atom stereocenters. The van der Waals surface area contributed by atoms with E-state index < -0.39 is 6.10 Å². The Bertz CT molecular complexity index is 771. The number of aryl methyl sites for hydroxylation is 1. The van der Waals surface area contributed by atoms with Crippen LogP contribution in [-0.2, 0) is 24.8 Å². The maximum Gasteiger partial charge on any atom is 0.265 e. The van der Waals surface area contributed by atoms with Gasteiger partial charge in [0.15, 0.2) is 6.10 Å². The first kappa shape index (κ1) is 17.4. The lowest BCUT2D eigenvalue weighted by molar-refractivity contribution is -0.123. The smallest absolute Gasteiger partial charge is 0.265 e. The summed E-state index contributed by atoms with van der Waals surface area (Å²) in [4.78, 5) is 11.9. The predicted octanol–water partition coefficient (Wildman–Crippen LogP) is 2.34. The average Bonchev–Trinajstić information content (AvgIpc) is 2.98. The zero-order valence-electron chi connectivity index (χ0n) is 15.2. The number of rotatable bonds is 6. The van der Waals surface area contributed by atoms with Crippen LogP contribution in [0.25, 0.3) is 0 Å². The summed E-state index contributed by atoms with van der Waals surface area (Å²) in [5.74, 6) is 2.54. The molecule has 2 aromatic rings. The Labute approximate surface area is 147 Å². The molecule has 1 aromatic carbocycles. The van der Waals surface area contributed by atoms with E-state index in [9.17, 15) is 4.79 Å². The molecular formula is C18H25N5O2. The zero-order chi connectivity index (χ0) is 18.0. The number of carbonyl (C=O) groups is 1. The van der Waals surface area contributed by atoms with E-state index in [1.54, 1.807) is 0 Å².